The van der Waals surface area contributed by atoms with Gasteiger partial charge in [-0.05, 0) is 74.0 Å². The summed E-state index contributed by atoms with van der Waals surface area (Å²) in [7, 11) is 0. The third kappa shape index (κ3) is 12.0. The van der Waals surface area contributed by atoms with E-state index in [4.69, 9.17) is 9.47 Å². The van der Waals surface area contributed by atoms with Gasteiger partial charge in [-0.3, -0.25) is 9.59 Å². The molecule has 2 atom stereocenters. The zero-order valence-electron chi connectivity index (χ0n) is 25.3. The van der Waals surface area contributed by atoms with Crippen LogP contribution in [0.25, 0.3) is 0 Å². The minimum absolute atomic E-state index is 0.0640. The molecule has 0 bridgehead atoms. The van der Waals surface area contributed by atoms with Crippen molar-refractivity contribution < 1.29 is 19.1 Å². The minimum Gasteiger partial charge on any atom is -0.465 e. The molecule has 0 aromatic rings. The Balaban J connectivity index is 2.28. The van der Waals surface area contributed by atoms with Crippen molar-refractivity contribution in [3.63, 3.8) is 0 Å². The molecule has 4 nitrogen and oxygen atoms in total. The first-order chi connectivity index (χ1) is 16.9. The van der Waals surface area contributed by atoms with Gasteiger partial charge in [-0.1, -0.05) is 93.9 Å². The van der Waals surface area contributed by atoms with Crippen LogP contribution in [0, 0.1) is 34.5 Å². The molecule has 0 spiro atoms. The molecule has 1 saturated carbocycles. The van der Waals surface area contributed by atoms with Crippen LogP contribution in [0.3, 0.4) is 0 Å². The van der Waals surface area contributed by atoms with Crippen LogP contribution < -0.4 is 0 Å². The summed E-state index contributed by atoms with van der Waals surface area (Å²) in [6.45, 7) is 19.4. The Bertz CT molecular complexity index is 562. The Kier molecular flexibility index (Phi) is 15.3. The number of unbranched alkanes of at least 4 members (excludes halogenated alkanes) is 4. The van der Waals surface area contributed by atoms with E-state index in [1.54, 1.807) is 0 Å². The lowest BCUT2D eigenvalue weighted by molar-refractivity contribution is -0.155. The average Bonchev–Trinajstić information content (AvgIpc) is 2.83. The first kappa shape index (κ1) is 33.0. The first-order valence-electron chi connectivity index (χ1n) is 15.3. The zero-order valence-corrected chi connectivity index (χ0v) is 25.3. The Hall–Kier alpha value is -1.06. The second-order valence-corrected chi connectivity index (χ2v) is 13.2. The largest absolute Gasteiger partial charge is 0.465 e. The summed E-state index contributed by atoms with van der Waals surface area (Å²) in [5, 5.41) is 0. The van der Waals surface area contributed by atoms with Crippen molar-refractivity contribution in [3.05, 3.63) is 0 Å². The topological polar surface area (TPSA) is 52.6 Å². The smallest absolute Gasteiger partial charge is 0.308 e. The predicted octanol–water partition coefficient (Wildman–Crippen LogP) is 9.14. The number of esters is 2. The van der Waals surface area contributed by atoms with Gasteiger partial charge in [-0.15, -0.1) is 0 Å². The fraction of sp³-hybridized carbons (Fsp3) is 0.938. The molecule has 1 rings (SSSR count). The van der Waals surface area contributed by atoms with Crippen LogP contribution in [0.15, 0.2) is 0 Å². The Morgan fingerprint density at radius 2 is 1.00 bits per heavy atom. The third-order valence-electron chi connectivity index (χ3n) is 9.50. The fourth-order valence-corrected chi connectivity index (χ4v) is 5.41. The second-order valence-electron chi connectivity index (χ2n) is 13.2. The molecule has 212 valence electrons. The predicted molar refractivity (Wildman–Crippen MR) is 151 cm³/mol. The molecule has 1 fully saturated rings. The summed E-state index contributed by atoms with van der Waals surface area (Å²) >= 11 is 0. The highest BCUT2D eigenvalue weighted by Crippen LogP contribution is 2.36. The summed E-state index contributed by atoms with van der Waals surface area (Å²) in [6.07, 6.45) is 14.8. The Labute approximate surface area is 224 Å². The van der Waals surface area contributed by atoms with Crippen molar-refractivity contribution in [2.24, 2.45) is 34.5 Å². The minimum atomic E-state index is -0.0723. The van der Waals surface area contributed by atoms with E-state index in [9.17, 15) is 9.59 Å². The van der Waals surface area contributed by atoms with Gasteiger partial charge in [0, 0.05) is 0 Å². The molecule has 0 N–H and O–H groups in total. The van der Waals surface area contributed by atoms with Crippen LogP contribution in [-0.2, 0) is 19.1 Å². The van der Waals surface area contributed by atoms with Gasteiger partial charge in [0.1, 0.15) is 0 Å². The van der Waals surface area contributed by atoms with Gasteiger partial charge >= 0.3 is 11.9 Å². The SMILES string of the molecule is CCCCCC(C)(C)C(C)CCOC(=O)C1CCC(C(=O)OCCC(C)C(C)(C)CCCCC)CC1. The molecule has 36 heavy (non-hydrogen) atoms. The van der Waals surface area contributed by atoms with Gasteiger partial charge in [-0.25, -0.2) is 0 Å². The third-order valence-corrected chi connectivity index (χ3v) is 9.50. The second kappa shape index (κ2) is 16.7. The van der Waals surface area contributed by atoms with E-state index in [2.05, 4.69) is 55.4 Å². The fourth-order valence-electron chi connectivity index (χ4n) is 5.41. The first-order valence-corrected chi connectivity index (χ1v) is 15.3. The summed E-state index contributed by atoms with van der Waals surface area (Å²) in [5.74, 6) is 0.778. The van der Waals surface area contributed by atoms with Gasteiger partial charge in [0.2, 0.25) is 0 Å². The summed E-state index contributed by atoms with van der Waals surface area (Å²) in [4.78, 5) is 25.2. The van der Waals surface area contributed by atoms with E-state index < -0.39 is 0 Å². The van der Waals surface area contributed by atoms with Crippen LogP contribution in [-0.4, -0.2) is 25.2 Å². The summed E-state index contributed by atoms with van der Waals surface area (Å²) < 4.78 is 11.3. The van der Waals surface area contributed by atoms with Gasteiger partial charge in [-0.2, -0.15) is 0 Å². The van der Waals surface area contributed by atoms with Crippen molar-refractivity contribution >= 4 is 11.9 Å². The lowest BCUT2D eigenvalue weighted by Gasteiger charge is -2.32. The van der Waals surface area contributed by atoms with E-state index in [0.29, 0.717) is 25.0 Å². The highest BCUT2D eigenvalue weighted by Gasteiger charge is 2.32. The van der Waals surface area contributed by atoms with Crippen LogP contribution in [0.1, 0.15) is 145 Å². The molecule has 0 radical (unpaired) electrons. The molecular formula is C32H60O4. The maximum atomic E-state index is 12.6. The van der Waals surface area contributed by atoms with E-state index in [1.165, 1.54) is 51.4 Å². The molecule has 0 aromatic heterocycles. The highest BCUT2D eigenvalue weighted by atomic mass is 16.5. The average molecular weight is 509 g/mol. The number of hydrogen-bond donors (Lipinski definition) is 0. The lowest BCUT2D eigenvalue weighted by atomic mass is 9.74. The Morgan fingerprint density at radius 1 is 0.667 bits per heavy atom. The van der Waals surface area contributed by atoms with E-state index in [1.807, 2.05) is 0 Å². The molecule has 1 aliphatic carbocycles. The van der Waals surface area contributed by atoms with Gasteiger partial charge in [0.15, 0.2) is 0 Å². The maximum absolute atomic E-state index is 12.6. The van der Waals surface area contributed by atoms with E-state index in [0.717, 1.165) is 38.5 Å². The van der Waals surface area contributed by atoms with Gasteiger partial charge < -0.3 is 9.47 Å². The van der Waals surface area contributed by atoms with Gasteiger partial charge in [0.25, 0.3) is 0 Å². The van der Waals surface area contributed by atoms with Crippen molar-refractivity contribution in [2.45, 2.75) is 145 Å². The van der Waals surface area contributed by atoms with Crippen molar-refractivity contribution in [2.75, 3.05) is 13.2 Å². The van der Waals surface area contributed by atoms with Crippen molar-refractivity contribution in [1.82, 2.24) is 0 Å². The monoisotopic (exact) mass is 508 g/mol. The quantitative estimate of drug-likeness (QED) is 0.137. The number of ether oxygens (including phenoxy) is 2. The number of carbonyl (C=O) groups is 2. The molecular weight excluding hydrogens is 448 g/mol. The normalized spacial score (nSPS) is 20.6. The summed E-state index contributed by atoms with van der Waals surface area (Å²) in [6, 6.07) is 0. The van der Waals surface area contributed by atoms with Gasteiger partial charge in [0.05, 0.1) is 25.0 Å². The molecule has 0 aromatic carbocycles. The van der Waals surface area contributed by atoms with Crippen LogP contribution >= 0.6 is 0 Å². The molecule has 0 heterocycles. The van der Waals surface area contributed by atoms with Crippen LogP contribution in [0.5, 0.6) is 0 Å². The lowest BCUT2D eigenvalue weighted by Crippen LogP contribution is -2.30. The maximum Gasteiger partial charge on any atom is 0.308 e. The molecule has 2 unspecified atom stereocenters. The summed E-state index contributed by atoms with van der Waals surface area (Å²) in [5.41, 5.74) is 0.561. The number of hydrogen-bond acceptors (Lipinski definition) is 4. The molecule has 1 aliphatic rings. The van der Waals surface area contributed by atoms with Crippen molar-refractivity contribution in [1.29, 1.82) is 0 Å². The molecule has 4 heteroatoms. The Morgan fingerprint density at radius 3 is 1.31 bits per heavy atom. The zero-order chi connectivity index (χ0) is 27.2. The van der Waals surface area contributed by atoms with Crippen LogP contribution in [0.4, 0.5) is 0 Å². The van der Waals surface area contributed by atoms with Crippen molar-refractivity contribution in [3.8, 4) is 0 Å². The van der Waals surface area contributed by atoms with Crippen LogP contribution in [0.2, 0.25) is 0 Å². The highest BCUT2D eigenvalue weighted by molar-refractivity contribution is 5.75. The molecule has 0 amide bonds. The molecule has 0 saturated heterocycles. The number of rotatable bonds is 18. The van der Waals surface area contributed by atoms with E-state index >= 15 is 0 Å². The molecule has 0 aliphatic heterocycles. The van der Waals surface area contributed by atoms with E-state index in [-0.39, 0.29) is 34.6 Å². The number of carbonyl (C=O) groups excluding carboxylic acids is 2. The standard InChI is InChI=1S/C32H60O4/c1-9-11-13-21-31(5,6)25(3)19-23-35-29(33)27-15-17-28(18-16-27)30(34)36-24-20-26(4)32(7,8)22-14-12-10-2/h25-28H,9-24H2,1-8H3.